The van der Waals surface area contributed by atoms with Gasteiger partial charge in [-0.2, -0.15) is 0 Å². The van der Waals surface area contributed by atoms with Crippen LogP contribution < -0.4 is 4.90 Å². The second-order valence-corrected chi connectivity index (χ2v) is 9.53. The monoisotopic (exact) mass is 565 g/mol. The highest BCUT2D eigenvalue weighted by atomic mass is 127. The minimum absolute atomic E-state index is 0.00255. The second-order valence-electron chi connectivity index (χ2n) is 7.50. The van der Waals surface area contributed by atoms with Crippen LogP contribution in [0.4, 0.5) is 15.0 Å². The predicted octanol–water partition coefficient (Wildman–Crippen LogP) is 5.19. The molecule has 1 amide bonds. The Morgan fingerprint density at radius 1 is 1.33 bits per heavy atom. The highest BCUT2D eigenvalue weighted by Crippen LogP contribution is 2.43. The van der Waals surface area contributed by atoms with Crippen molar-refractivity contribution in [2.75, 3.05) is 23.7 Å². The maximum atomic E-state index is 15.0. The number of carbonyl (C=O) groups is 1. The molecule has 0 radical (unpaired) electrons. The Morgan fingerprint density at radius 2 is 2.10 bits per heavy atom. The number of amides is 1. The summed E-state index contributed by atoms with van der Waals surface area (Å²) in [4.78, 5) is 30.1. The summed E-state index contributed by atoms with van der Waals surface area (Å²) in [5.41, 5.74) is 0.937. The van der Waals surface area contributed by atoms with Crippen LogP contribution in [0.2, 0.25) is 5.15 Å². The van der Waals surface area contributed by atoms with Crippen molar-refractivity contribution < 1.29 is 12.3 Å². The van der Waals surface area contributed by atoms with E-state index in [0.29, 0.717) is 35.1 Å². The van der Waals surface area contributed by atoms with Gasteiger partial charge in [0.05, 0.1) is 23.2 Å². The molecule has 2 aromatic rings. The van der Waals surface area contributed by atoms with E-state index in [1.807, 2.05) is 6.92 Å². The zero-order valence-corrected chi connectivity index (χ0v) is 20.6. The lowest BCUT2D eigenvalue weighted by Gasteiger charge is -2.47. The van der Waals surface area contributed by atoms with Crippen molar-refractivity contribution in [3.8, 4) is 0 Å². The first-order valence-corrected chi connectivity index (χ1v) is 12.2. The van der Waals surface area contributed by atoms with Gasteiger partial charge in [-0.1, -0.05) is 44.1 Å². The van der Waals surface area contributed by atoms with Gasteiger partial charge in [-0.15, -0.1) is 0 Å². The van der Waals surface area contributed by atoms with Crippen molar-refractivity contribution in [1.29, 1.82) is 0 Å². The number of fused-ring (bicyclic) bond motifs is 2. The van der Waals surface area contributed by atoms with Crippen LogP contribution in [0.1, 0.15) is 45.2 Å². The zero-order chi connectivity index (χ0) is 21.6. The molecule has 0 aromatic carbocycles. The first kappa shape index (κ1) is 22.1. The van der Waals surface area contributed by atoms with Gasteiger partial charge in [0.2, 0.25) is 0 Å². The van der Waals surface area contributed by atoms with E-state index >= 15 is 0 Å². The molecule has 30 heavy (non-hydrogen) atoms. The molecule has 0 N–H and O–H groups in total. The van der Waals surface area contributed by atoms with Gasteiger partial charge in [-0.3, -0.25) is 0 Å². The first-order valence-electron chi connectivity index (χ1n) is 9.96. The fraction of sp³-hybridized carbons (Fsp3) is 0.579. The Bertz CT molecular complexity index is 999. The number of carbonyl (C=O) groups excluding carboxylic acids is 1. The van der Waals surface area contributed by atoms with E-state index in [4.69, 9.17) is 19.7 Å². The van der Waals surface area contributed by atoms with E-state index in [1.165, 1.54) is 11.8 Å². The maximum Gasteiger partial charge on any atom is 0.419 e. The number of anilines is 1. The van der Waals surface area contributed by atoms with Crippen LogP contribution in [0, 0.1) is 5.82 Å². The summed E-state index contributed by atoms with van der Waals surface area (Å²) < 4.78 is 20.0. The van der Waals surface area contributed by atoms with Gasteiger partial charge in [0.15, 0.2) is 39.1 Å². The molecule has 162 valence electrons. The molecule has 4 rings (SSSR count). The van der Waals surface area contributed by atoms with Crippen molar-refractivity contribution in [1.82, 2.24) is 19.9 Å². The largest absolute Gasteiger partial charge is 0.419 e. The Morgan fingerprint density at radius 3 is 2.77 bits per heavy atom. The molecule has 0 spiro atoms. The minimum Gasteiger partial charge on any atom is -0.378 e. The fourth-order valence-electron chi connectivity index (χ4n) is 4.64. The summed E-state index contributed by atoms with van der Waals surface area (Å²) in [6, 6.07) is -0.0479. The molecule has 0 unspecified atom stereocenters. The fourth-order valence-corrected chi connectivity index (χ4v) is 5.64. The van der Waals surface area contributed by atoms with Crippen molar-refractivity contribution in [3.05, 3.63) is 16.7 Å². The van der Waals surface area contributed by atoms with Gasteiger partial charge in [-0.05, 0) is 18.6 Å². The summed E-state index contributed by atoms with van der Waals surface area (Å²) in [6.07, 6.45) is 1.17. The number of thioether (sulfide) groups is 1. The molecule has 3 atom stereocenters. The molecule has 0 bridgehead atoms. The molecule has 1 fully saturated rings. The minimum atomic E-state index is -0.609. The third-order valence-corrected chi connectivity index (χ3v) is 7.24. The van der Waals surface area contributed by atoms with Crippen LogP contribution in [0.25, 0.3) is 10.9 Å². The van der Waals surface area contributed by atoms with Crippen LogP contribution in [-0.2, 0) is 3.07 Å². The lowest BCUT2D eigenvalue weighted by atomic mass is 9.90. The standard InChI is InChI=1S/C19H22ClFIN5O2S/c1-4-10-11-8-9(3)14-12-15(13(21)16(20)23-14)24-18(30-5-2)25-17(12)26(11)6-7-27(10)19(28)29-22/h9-11H,4-8H2,1-3H3/t9-,10-,11+/m0/s1. The molecule has 0 saturated carbocycles. The van der Waals surface area contributed by atoms with Gasteiger partial charge >= 0.3 is 6.09 Å². The molecule has 2 aliphatic heterocycles. The zero-order valence-electron chi connectivity index (χ0n) is 16.9. The molecular weight excluding hydrogens is 544 g/mol. The molecule has 2 aliphatic rings. The third-order valence-electron chi connectivity index (χ3n) is 5.89. The van der Waals surface area contributed by atoms with Gasteiger partial charge in [0, 0.05) is 19.0 Å². The Labute approximate surface area is 197 Å². The maximum absolute atomic E-state index is 15.0. The molecular formula is C19H22ClFIN5O2S. The number of aromatic nitrogens is 3. The van der Waals surface area contributed by atoms with Gasteiger partial charge in [0.25, 0.3) is 0 Å². The highest BCUT2D eigenvalue weighted by molar-refractivity contribution is 14.1. The smallest absolute Gasteiger partial charge is 0.378 e. The van der Waals surface area contributed by atoms with Crippen LogP contribution >= 0.6 is 46.4 Å². The van der Waals surface area contributed by atoms with Crippen LogP contribution in [0.3, 0.4) is 0 Å². The quantitative estimate of drug-likeness (QED) is 0.219. The van der Waals surface area contributed by atoms with E-state index in [-0.39, 0.29) is 34.8 Å². The Balaban J connectivity index is 1.93. The van der Waals surface area contributed by atoms with Crippen molar-refractivity contribution >= 4 is 69.2 Å². The van der Waals surface area contributed by atoms with Gasteiger partial charge < -0.3 is 12.9 Å². The van der Waals surface area contributed by atoms with E-state index < -0.39 is 5.82 Å². The summed E-state index contributed by atoms with van der Waals surface area (Å²) >= 11 is 9.25. The number of nitrogens with zero attached hydrogens (tertiary/aromatic N) is 5. The summed E-state index contributed by atoms with van der Waals surface area (Å²) in [7, 11) is 0. The molecule has 2 aromatic heterocycles. The van der Waals surface area contributed by atoms with Crippen molar-refractivity contribution in [2.24, 2.45) is 0 Å². The van der Waals surface area contributed by atoms with Crippen molar-refractivity contribution in [2.45, 2.75) is 56.8 Å². The average Bonchev–Trinajstić information content (AvgIpc) is 2.85. The Kier molecular flexibility index (Phi) is 6.45. The van der Waals surface area contributed by atoms with Crippen LogP contribution in [0.5, 0.6) is 0 Å². The Hall–Kier alpha value is -1.14. The molecule has 4 heterocycles. The average molecular weight is 566 g/mol. The SMILES string of the molecule is CCSc1nc2c3c(nc(Cl)c(F)c3n1)[C@@H](C)C[C@@H]1[C@H](CC)N(C(=O)OI)CCN21. The van der Waals surface area contributed by atoms with E-state index in [1.54, 1.807) is 27.9 Å². The number of piperazine rings is 1. The normalized spacial score (nSPS) is 23.3. The second kappa shape index (κ2) is 8.78. The number of rotatable bonds is 3. The lowest BCUT2D eigenvalue weighted by molar-refractivity contribution is 0.115. The third kappa shape index (κ3) is 3.58. The summed E-state index contributed by atoms with van der Waals surface area (Å²) in [5.74, 6) is 0.841. The number of hydrogen-bond donors (Lipinski definition) is 0. The molecule has 7 nitrogen and oxygen atoms in total. The van der Waals surface area contributed by atoms with E-state index in [2.05, 4.69) is 28.7 Å². The topological polar surface area (TPSA) is 71.5 Å². The van der Waals surface area contributed by atoms with Crippen molar-refractivity contribution in [3.63, 3.8) is 0 Å². The van der Waals surface area contributed by atoms with Crippen LogP contribution in [0.15, 0.2) is 5.16 Å². The highest BCUT2D eigenvalue weighted by Gasteiger charge is 2.43. The van der Waals surface area contributed by atoms with E-state index in [0.717, 1.165) is 18.6 Å². The molecule has 11 heteroatoms. The molecule has 1 saturated heterocycles. The predicted molar refractivity (Wildman–Crippen MR) is 124 cm³/mol. The number of pyridine rings is 1. The summed E-state index contributed by atoms with van der Waals surface area (Å²) in [5, 5.41) is 0.984. The summed E-state index contributed by atoms with van der Waals surface area (Å²) in [6.45, 7) is 7.20. The van der Waals surface area contributed by atoms with Gasteiger partial charge in [0.1, 0.15) is 11.3 Å². The first-order chi connectivity index (χ1) is 14.4. The molecule has 0 aliphatic carbocycles. The number of hydrogen-bond acceptors (Lipinski definition) is 7. The lowest BCUT2D eigenvalue weighted by Crippen LogP contribution is -2.61. The van der Waals surface area contributed by atoms with Crippen LogP contribution in [-0.4, -0.2) is 56.9 Å². The van der Waals surface area contributed by atoms with Gasteiger partial charge in [-0.25, -0.2) is 24.1 Å². The van der Waals surface area contributed by atoms with E-state index in [9.17, 15) is 9.18 Å². The number of halogens is 3.